The molecule has 34 heavy (non-hydrogen) atoms. The number of rotatable bonds is 7. The smallest absolute Gasteiger partial charge is 0.252 e. The number of imidazole rings is 1. The molecule has 7 heteroatoms. The second-order valence-corrected chi connectivity index (χ2v) is 7.79. The molecular formula is C27H21FN4O2. The molecule has 0 bridgehead atoms. The van der Waals surface area contributed by atoms with Gasteiger partial charge in [-0.25, -0.2) is 14.4 Å². The lowest BCUT2D eigenvalue weighted by Crippen LogP contribution is -2.23. The predicted molar refractivity (Wildman–Crippen MR) is 126 cm³/mol. The Kier molecular flexibility index (Phi) is 5.99. The van der Waals surface area contributed by atoms with Crippen LogP contribution in [-0.2, 0) is 13.1 Å². The van der Waals surface area contributed by atoms with Crippen molar-refractivity contribution in [2.45, 2.75) is 13.1 Å². The second-order valence-electron chi connectivity index (χ2n) is 7.79. The van der Waals surface area contributed by atoms with Crippen LogP contribution in [0.5, 0.6) is 0 Å². The van der Waals surface area contributed by atoms with Crippen molar-refractivity contribution in [3.8, 4) is 22.8 Å². The number of carbonyl (C=O) groups is 1. The van der Waals surface area contributed by atoms with Gasteiger partial charge in [-0.15, -0.1) is 0 Å². The van der Waals surface area contributed by atoms with Crippen LogP contribution in [0.2, 0.25) is 0 Å². The molecule has 0 saturated carbocycles. The summed E-state index contributed by atoms with van der Waals surface area (Å²) in [6, 6.07) is 21.4. The van der Waals surface area contributed by atoms with E-state index >= 15 is 0 Å². The lowest BCUT2D eigenvalue weighted by molar-refractivity contribution is 0.0951. The number of hydrogen-bond donors (Lipinski definition) is 1. The largest absolute Gasteiger partial charge is 0.436 e. The predicted octanol–water partition coefficient (Wildman–Crippen LogP) is 5.32. The van der Waals surface area contributed by atoms with E-state index in [4.69, 9.17) is 4.42 Å². The number of halogens is 1. The van der Waals surface area contributed by atoms with E-state index in [1.54, 1.807) is 55.0 Å². The van der Waals surface area contributed by atoms with Gasteiger partial charge < -0.3 is 14.3 Å². The van der Waals surface area contributed by atoms with E-state index in [0.29, 0.717) is 35.5 Å². The van der Waals surface area contributed by atoms with Crippen LogP contribution in [0.1, 0.15) is 21.5 Å². The molecule has 2 aromatic heterocycles. The van der Waals surface area contributed by atoms with Gasteiger partial charge in [0.2, 0.25) is 5.89 Å². The third-order valence-corrected chi connectivity index (χ3v) is 5.42. The van der Waals surface area contributed by atoms with Crippen LogP contribution in [0, 0.1) is 5.82 Å². The third kappa shape index (κ3) is 4.63. The van der Waals surface area contributed by atoms with Gasteiger partial charge >= 0.3 is 0 Å². The van der Waals surface area contributed by atoms with Crippen molar-refractivity contribution in [2.24, 2.45) is 0 Å². The van der Waals surface area contributed by atoms with E-state index < -0.39 is 5.82 Å². The average molecular weight is 452 g/mol. The van der Waals surface area contributed by atoms with Gasteiger partial charge in [0.25, 0.3) is 5.91 Å². The molecule has 0 radical (unpaired) electrons. The molecule has 0 aliphatic rings. The normalized spacial score (nSPS) is 10.9. The molecule has 0 atom stereocenters. The van der Waals surface area contributed by atoms with Crippen LogP contribution < -0.4 is 5.32 Å². The van der Waals surface area contributed by atoms with Gasteiger partial charge in [0.05, 0.1) is 23.7 Å². The van der Waals surface area contributed by atoms with Crippen molar-refractivity contribution in [2.75, 3.05) is 0 Å². The average Bonchev–Trinajstić information content (AvgIpc) is 3.56. The quantitative estimate of drug-likeness (QED) is 0.363. The Bertz CT molecular complexity index is 1430. The number of benzene rings is 3. The molecule has 0 saturated heterocycles. The first-order valence-electron chi connectivity index (χ1n) is 10.8. The second kappa shape index (κ2) is 9.54. The highest BCUT2D eigenvalue weighted by Gasteiger charge is 2.18. The highest BCUT2D eigenvalue weighted by Crippen LogP contribution is 2.29. The Hall–Kier alpha value is -4.52. The summed E-state index contributed by atoms with van der Waals surface area (Å²) in [4.78, 5) is 21.4. The lowest BCUT2D eigenvalue weighted by Gasteiger charge is -2.10. The summed E-state index contributed by atoms with van der Waals surface area (Å²) >= 11 is 0. The summed E-state index contributed by atoms with van der Waals surface area (Å²) in [6.07, 6.45) is 6.89. The molecule has 0 aliphatic carbocycles. The van der Waals surface area contributed by atoms with Crippen LogP contribution in [0.3, 0.4) is 0 Å². The lowest BCUT2D eigenvalue weighted by atomic mass is 10.1. The summed E-state index contributed by atoms with van der Waals surface area (Å²) in [5, 5.41) is 2.97. The van der Waals surface area contributed by atoms with E-state index in [9.17, 15) is 9.18 Å². The van der Waals surface area contributed by atoms with E-state index in [1.165, 1.54) is 12.3 Å². The zero-order chi connectivity index (χ0) is 23.3. The molecule has 0 fully saturated rings. The zero-order valence-corrected chi connectivity index (χ0v) is 18.2. The van der Waals surface area contributed by atoms with Gasteiger partial charge in [0.1, 0.15) is 5.82 Å². The number of oxazole rings is 1. The maximum absolute atomic E-state index is 14.1. The fraction of sp³-hybridized carbons (Fsp3) is 0.0741. The number of hydrogen-bond acceptors (Lipinski definition) is 4. The van der Waals surface area contributed by atoms with E-state index in [-0.39, 0.29) is 11.8 Å². The first kappa shape index (κ1) is 21.3. The molecule has 0 spiro atoms. The van der Waals surface area contributed by atoms with E-state index in [0.717, 1.165) is 11.1 Å². The Balaban J connectivity index is 1.32. The van der Waals surface area contributed by atoms with Crippen molar-refractivity contribution < 1.29 is 13.6 Å². The number of nitrogens with one attached hydrogen (secondary N) is 1. The van der Waals surface area contributed by atoms with Gasteiger partial charge in [-0.2, -0.15) is 0 Å². The monoisotopic (exact) mass is 452 g/mol. The highest BCUT2D eigenvalue weighted by molar-refractivity contribution is 6.00. The Morgan fingerprint density at radius 1 is 0.971 bits per heavy atom. The van der Waals surface area contributed by atoms with Crippen LogP contribution in [0.25, 0.3) is 22.8 Å². The fourth-order valence-electron chi connectivity index (χ4n) is 3.76. The molecular weight excluding hydrogens is 431 g/mol. The molecule has 5 rings (SSSR count). The number of carbonyl (C=O) groups excluding carboxylic acids is 1. The van der Waals surface area contributed by atoms with Crippen LogP contribution in [-0.4, -0.2) is 20.4 Å². The van der Waals surface area contributed by atoms with Gasteiger partial charge in [-0.1, -0.05) is 48.5 Å². The number of aromatic nitrogens is 3. The third-order valence-electron chi connectivity index (χ3n) is 5.42. The summed E-state index contributed by atoms with van der Waals surface area (Å²) in [5.74, 6) is -0.0860. The Labute approximate surface area is 195 Å². The van der Waals surface area contributed by atoms with Gasteiger partial charge in [-0.05, 0) is 35.4 Å². The van der Waals surface area contributed by atoms with Crippen LogP contribution >= 0.6 is 0 Å². The van der Waals surface area contributed by atoms with Crippen molar-refractivity contribution in [3.63, 3.8) is 0 Å². The summed E-state index contributed by atoms with van der Waals surface area (Å²) in [7, 11) is 0. The molecule has 6 nitrogen and oxygen atoms in total. The minimum absolute atomic E-state index is 0.249. The molecule has 0 unspecified atom stereocenters. The maximum Gasteiger partial charge on any atom is 0.252 e. The minimum atomic E-state index is -0.397. The summed E-state index contributed by atoms with van der Waals surface area (Å²) < 4.78 is 21.9. The van der Waals surface area contributed by atoms with Crippen molar-refractivity contribution in [1.29, 1.82) is 0 Å². The molecule has 0 aliphatic heterocycles. The molecule has 5 aromatic rings. The Morgan fingerprint density at radius 3 is 2.59 bits per heavy atom. The molecule has 1 amide bonds. The zero-order valence-electron chi connectivity index (χ0n) is 18.2. The minimum Gasteiger partial charge on any atom is -0.436 e. The fourth-order valence-corrected chi connectivity index (χ4v) is 3.76. The van der Waals surface area contributed by atoms with E-state index in [1.807, 2.05) is 29.0 Å². The highest BCUT2D eigenvalue weighted by atomic mass is 19.1. The SMILES string of the molecule is O=C(NCc1cccc(Cn2ccnc2)c1)c1ccccc1-c1ncc(-c2ccccc2F)o1. The first-order chi connectivity index (χ1) is 16.7. The molecule has 168 valence electrons. The van der Waals surface area contributed by atoms with E-state index in [2.05, 4.69) is 21.4 Å². The molecule has 3 aromatic carbocycles. The molecule has 2 heterocycles. The number of amides is 1. The van der Waals surface area contributed by atoms with Gasteiger partial charge in [0.15, 0.2) is 5.76 Å². The Morgan fingerprint density at radius 2 is 1.76 bits per heavy atom. The van der Waals surface area contributed by atoms with Gasteiger partial charge in [0, 0.05) is 31.0 Å². The van der Waals surface area contributed by atoms with Crippen molar-refractivity contribution in [3.05, 3.63) is 120 Å². The maximum atomic E-state index is 14.1. The topological polar surface area (TPSA) is 73.0 Å². The van der Waals surface area contributed by atoms with Crippen LogP contribution in [0.15, 0.2) is 102 Å². The summed E-state index contributed by atoms with van der Waals surface area (Å²) in [6.45, 7) is 1.08. The summed E-state index contributed by atoms with van der Waals surface area (Å²) in [5.41, 5.74) is 3.39. The first-order valence-corrected chi connectivity index (χ1v) is 10.8. The van der Waals surface area contributed by atoms with Gasteiger partial charge in [-0.3, -0.25) is 4.79 Å². The van der Waals surface area contributed by atoms with Crippen molar-refractivity contribution >= 4 is 5.91 Å². The standard InChI is InChI=1S/C27H21FN4O2/c28-24-11-4-3-10-23(24)25-16-31-27(34-25)22-9-2-1-8-21(22)26(33)30-15-19-6-5-7-20(14-19)17-32-13-12-29-18-32/h1-14,16,18H,15,17H2,(H,30,33). The van der Waals surface area contributed by atoms with Crippen LogP contribution in [0.4, 0.5) is 4.39 Å². The number of nitrogens with zero attached hydrogens (tertiary/aromatic N) is 3. The van der Waals surface area contributed by atoms with Crippen molar-refractivity contribution in [1.82, 2.24) is 19.9 Å². The molecule has 1 N–H and O–H groups in total.